The summed E-state index contributed by atoms with van der Waals surface area (Å²) in [5.74, 6) is 2.18. The zero-order chi connectivity index (χ0) is 41.5. The van der Waals surface area contributed by atoms with Crippen LogP contribution in [0.15, 0.2) is 48.6 Å². The van der Waals surface area contributed by atoms with E-state index in [9.17, 15) is 18.3 Å². The number of rotatable bonds is 2. The van der Waals surface area contributed by atoms with Crippen molar-refractivity contribution in [2.45, 2.75) is 106 Å². The lowest BCUT2D eigenvalue weighted by Gasteiger charge is -2.51. The number of aliphatic hydroxyl groups is 1. The average Bonchev–Trinajstić information content (AvgIpc) is 3.36. The SMILES string of the molecule is CCI.COC1CCNCC1.C[C@@H]1[C@@H](C)C/C=C/[C@@](O)(C2SCCCS2)[C@@H]2CC[C@H]2CN2C[C@@]3(CCCc4cc(Cl)ccc43)COc3ccc(cc32)C(=O)NS1(=O)=O. The van der Waals surface area contributed by atoms with Gasteiger partial charge in [0, 0.05) is 36.2 Å². The van der Waals surface area contributed by atoms with Crippen LogP contribution in [0.1, 0.15) is 93.6 Å². The van der Waals surface area contributed by atoms with E-state index in [4.69, 9.17) is 21.1 Å². The third-order valence-corrected chi connectivity index (χ3v) is 18.4. The van der Waals surface area contributed by atoms with E-state index >= 15 is 0 Å². The lowest BCUT2D eigenvalue weighted by atomic mass is 9.64. The van der Waals surface area contributed by atoms with Gasteiger partial charge in [0.1, 0.15) is 11.4 Å². The Morgan fingerprint density at radius 3 is 2.48 bits per heavy atom. The third kappa shape index (κ3) is 10.7. The van der Waals surface area contributed by atoms with Crippen molar-refractivity contribution in [3.8, 4) is 5.75 Å². The highest BCUT2D eigenvalue weighted by Gasteiger charge is 2.52. The van der Waals surface area contributed by atoms with Crippen LogP contribution in [0.4, 0.5) is 5.69 Å². The first-order valence-corrected chi connectivity index (χ1v) is 26.7. The van der Waals surface area contributed by atoms with Crippen LogP contribution < -0.4 is 19.7 Å². The molecule has 6 aliphatic rings. The van der Waals surface area contributed by atoms with Gasteiger partial charge >= 0.3 is 0 Å². The molecule has 58 heavy (non-hydrogen) atoms. The number of hydrogen-bond acceptors (Lipinski definition) is 10. The van der Waals surface area contributed by atoms with Gasteiger partial charge in [0.15, 0.2) is 0 Å². The van der Waals surface area contributed by atoms with Gasteiger partial charge in [-0.1, -0.05) is 66.3 Å². The quantitative estimate of drug-likeness (QED) is 0.154. The van der Waals surface area contributed by atoms with Crippen LogP contribution in [-0.4, -0.2) is 96.8 Å². The number of anilines is 1. The highest BCUT2D eigenvalue weighted by molar-refractivity contribution is 14.1. The van der Waals surface area contributed by atoms with Gasteiger partial charge in [-0.05, 0) is 153 Å². The Morgan fingerprint density at radius 1 is 1.07 bits per heavy atom. The van der Waals surface area contributed by atoms with Crippen molar-refractivity contribution >= 4 is 79.3 Å². The van der Waals surface area contributed by atoms with Crippen molar-refractivity contribution in [1.29, 1.82) is 0 Å². The van der Waals surface area contributed by atoms with Gasteiger partial charge in [-0.25, -0.2) is 13.1 Å². The van der Waals surface area contributed by atoms with Crippen LogP contribution in [-0.2, 0) is 26.6 Å². The van der Waals surface area contributed by atoms with Crippen LogP contribution in [0.3, 0.4) is 0 Å². The standard InChI is InChI=1S/C36H45ClN2O5S3.C6H13NO.C2H5I/c1-23-6-3-15-36(41,34-45-16-5-17-46-34)30-11-8-27(30)20-39-21-35(14-4-7-25-18-28(37)10-12-29(25)35)22-44-32-13-9-26(19-31(32)39)33(40)38-47(42,43)24(23)2;1-8-6-2-4-7-5-3-6;1-2-3/h3,9-10,12-13,15,18-19,23-24,27,30,34,41H,4-8,11,14,16-17,20-22H2,1-2H3,(H,38,40);6-7H,2-5H2,1H3;2H2,1H3/b15-3+;;/t23-,24+,27-,30+,35-,36-;;/m0../s1. The second kappa shape index (κ2) is 20.8. The van der Waals surface area contributed by atoms with Crippen LogP contribution in [0.25, 0.3) is 0 Å². The number of carbonyl (C=O) groups is 1. The number of ether oxygens (including phenoxy) is 2. The van der Waals surface area contributed by atoms with Crippen molar-refractivity contribution in [3.05, 3.63) is 70.3 Å². The minimum absolute atomic E-state index is 0.0302. The molecule has 1 amide bonds. The van der Waals surface area contributed by atoms with E-state index in [2.05, 4.69) is 56.6 Å². The van der Waals surface area contributed by atoms with Crippen LogP contribution >= 0.6 is 57.7 Å². The summed E-state index contributed by atoms with van der Waals surface area (Å²) in [4.78, 5) is 15.9. The van der Waals surface area contributed by atoms with Crippen LogP contribution in [0.5, 0.6) is 5.75 Å². The van der Waals surface area contributed by atoms with E-state index in [1.165, 1.54) is 28.4 Å². The van der Waals surface area contributed by atoms with Crippen molar-refractivity contribution in [1.82, 2.24) is 10.0 Å². The Kier molecular flexibility index (Phi) is 16.6. The fourth-order valence-electron chi connectivity index (χ4n) is 9.35. The van der Waals surface area contributed by atoms with Crippen molar-refractivity contribution in [2.24, 2.45) is 17.8 Å². The second-order valence-electron chi connectivity index (χ2n) is 16.8. The topological polar surface area (TPSA) is 117 Å². The molecule has 14 heteroatoms. The molecule has 0 aromatic heterocycles. The highest BCUT2D eigenvalue weighted by Crippen LogP contribution is 2.53. The molecule has 9 nitrogen and oxygen atoms in total. The number of aryl methyl sites for hydroxylation is 1. The summed E-state index contributed by atoms with van der Waals surface area (Å²) < 4.78 is 42.2. The molecular formula is C44H63ClIN3O6S3. The Balaban J connectivity index is 0.000000451. The fourth-order valence-corrected chi connectivity index (χ4v) is 14.1. The Morgan fingerprint density at radius 2 is 1.81 bits per heavy atom. The van der Waals surface area contributed by atoms with Crippen LogP contribution in [0, 0.1) is 17.8 Å². The molecule has 2 saturated heterocycles. The first-order valence-electron chi connectivity index (χ1n) is 21.1. The van der Waals surface area contributed by atoms with Crippen molar-refractivity contribution in [3.63, 3.8) is 0 Å². The van der Waals surface area contributed by atoms with Gasteiger partial charge < -0.3 is 24.8 Å². The number of methoxy groups -OCH3 is 1. The van der Waals surface area contributed by atoms with Crippen molar-refractivity contribution in [2.75, 3.05) is 60.7 Å². The van der Waals surface area contributed by atoms with Gasteiger partial charge in [-0.15, -0.1) is 23.5 Å². The number of alkyl halides is 1. The lowest BCUT2D eigenvalue weighted by molar-refractivity contribution is -0.0333. The Bertz CT molecular complexity index is 1840. The minimum Gasteiger partial charge on any atom is -0.490 e. The molecule has 6 atom stereocenters. The maximum Gasteiger partial charge on any atom is 0.264 e. The summed E-state index contributed by atoms with van der Waals surface area (Å²) in [7, 11) is -2.17. The number of nitrogens with one attached hydrogen (secondary N) is 2. The summed E-state index contributed by atoms with van der Waals surface area (Å²) in [6.45, 7) is 9.80. The van der Waals surface area contributed by atoms with Crippen LogP contribution in [0.2, 0.25) is 5.02 Å². The maximum atomic E-state index is 13.5. The van der Waals surface area contributed by atoms with Gasteiger partial charge in [0.05, 0.1) is 28.2 Å². The van der Waals surface area contributed by atoms with Crippen molar-refractivity contribution < 1.29 is 27.8 Å². The predicted molar refractivity (Wildman–Crippen MR) is 251 cm³/mol. The molecule has 0 radical (unpaired) electrons. The third-order valence-electron chi connectivity index (χ3n) is 13.0. The molecule has 3 N–H and O–H groups in total. The number of carbonyl (C=O) groups excluding carboxylic acids is 1. The summed E-state index contributed by atoms with van der Waals surface area (Å²) >= 11 is 12.4. The predicted octanol–water partition coefficient (Wildman–Crippen LogP) is 8.64. The molecule has 4 aliphatic heterocycles. The lowest BCUT2D eigenvalue weighted by Crippen LogP contribution is -2.55. The first kappa shape index (κ1) is 46.3. The summed E-state index contributed by atoms with van der Waals surface area (Å²) in [5.41, 5.74) is 2.32. The van der Waals surface area contributed by atoms with E-state index in [0.29, 0.717) is 38.0 Å². The zero-order valence-corrected chi connectivity index (χ0v) is 39.9. The molecule has 2 bridgehead atoms. The number of halogens is 2. The number of benzene rings is 2. The molecule has 2 aliphatic carbocycles. The number of piperidine rings is 1. The average molecular weight is 989 g/mol. The number of nitrogens with zero attached hydrogens (tertiary/aromatic N) is 1. The zero-order valence-electron chi connectivity index (χ0n) is 34.5. The summed E-state index contributed by atoms with van der Waals surface area (Å²) in [6.07, 6.45) is 13.4. The molecule has 2 aromatic carbocycles. The molecule has 3 fully saturated rings. The van der Waals surface area contributed by atoms with E-state index in [0.717, 1.165) is 73.8 Å². The first-order chi connectivity index (χ1) is 27.8. The number of fused-ring (bicyclic) bond motifs is 4. The number of amides is 1. The molecule has 8 rings (SSSR count). The number of sulfonamides is 1. The van der Waals surface area contributed by atoms with E-state index < -0.39 is 26.8 Å². The molecule has 4 heterocycles. The number of thioether (sulfide) groups is 2. The normalized spacial score (nSPS) is 31.9. The minimum atomic E-state index is -3.95. The monoisotopic (exact) mass is 987 g/mol. The van der Waals surface area contributed by atoms with Gasteiger partial charge in [0.2, 0.25) is 10.0 Å². The smallest absolute Gasteiger partial charge is 0.264 e. The Hall–Kier alpha value is -1.20. The van der Waals surface area contributed by atoms with Gasteiger partial charge in [0.25, 0.3) is 5.91 Å². The molecular weight excluding hydrogens is 925 g/mol. The molecule has 1 saturated carbocycles. The molecule has 1 spiro atoms. The molecule has 2 aromatic rings. The molecule has 322 valence electrons. The van der Waals surface area contributed by atoms with Gasteiger partial charge in [-0.2, -0.15) is 0 Å². The second-order valence-corrected chi connectivity index (χ2v) is 23.5. The van der Waals surface area contributed by atoms with E-state index in [-0.39, 0.29) is 33.3 Å². The number of hydrogen-bond donors (Lipinski definition) is 3. The molecule has 0 unspecified atom stereocenters. The maximum absolute atomic E-state index is 13.5. The highest BCUT2D eigenvalue weighted by atomic mass is 127. The summed E-state index contributed by atoms with van der Waals surface area (Å²) in [5, 5.41) is 15.9. The van der Waals surface area contributed by atoms with E-state index in [1.54, 1.807) is 26.2 Å². The fraction of sp³-hybridized carbons (Fsp3) is 0.659. The summed E-state index contributed by atoms with van der Waals surface area (Å²) in [6, 6.07) is 11.5. The Labute approximate surface area is 374 Å². The largest absolute Gasteiger partial charge is 0.490 e. The number of allylic oxidation sites excluding steroid dienone is 1. The van der Waals surface area contributed by atoms with Gasteiger partial charge in [-0.3, -0.25) is 4.79 Å². The van der Waals surface area contributed by atoms with E-state index in [1.807, 2.05) is 54.7 Å².